The fourth-order valence-electron chi connectivity index (χ4n) is 3.61. The molecule has 5 rings (SSSR count). The van der Waals surface area contributed by atoms with Crippen molar-refractivity contribution >= 4 is 39.5 Å². The molecule has 0 fully saturated rings. The number of fused-ring (bicyclic) bond motifs is 3. The minimum Gasteiger partial charge on any atom is -0.497 e. The molecule has 0 unspecified atom stereocenters. The van der Waals surface area contributed by atoms with Crippen molar-refractivity contribution in [2.24, 2.45) is 0 Å². The lowest BCUT2D eigenvalue weighted by Crippen LogP contribution is -2.15. The molecule has 0 saturated carbocycles. The van der Waals surface area contributed by atoms with Gasteiger partial charge in [-0.25, -0.2) is 0 Å². The summed E-state index contributed by atoms with van der Waals surface area (Å²) in [7, 11) is 1.62. The number of benzene rings is 3. The number of aromatic nitrogens is 4. The van der Waals surface area contributed by atoms with Gasteiger partial charge >= 0.3 is 0 Å². The summed E-state index contributed by atoms with van der Waals surface area (Å²) in [5, 5.41) is 30.3. The molecule has 0 aliphatic rings. The van der Waals surface area contributed by atoms with E-state index in [1.165, 1.54) is 0 Å². The number of hydrogen-bond acceptors (Lipinski definition) is 7. The standard InChI is InChI=1S/C24H20N6O3/c1-33-18-11-9-15(10-12-18)23-27-28-24-20-8-3-2-7-19(20)22(29-30(23)24)26-17-6-4-5-16(13-17)25-21(32)14-31/h2-13,31H,14H2,1H3,(H,25,32)(H,26,29). The van der Waals surface area contributed by atoms with E-state index in [4.69, 9.17) is 14.9 Å². The van der Waals surface area contributed by atoms with Crippen LogP contribution in [0.2, 0.25) is 0 Å². The summed E-state index contributed by atoms with van der Waals surface area (Å²) in [5.74, 6) is 1.48. The average Bonchev–Trinajstić information content (AvgIpc) is 3.28. The number of methoxy groups -OCH3 is 1. The van der Waals surface area contributed by atoms with Gasteiger partial charge in [0.1, 0.15) is 12.4 Å². The van der Waals surface area contributed by atoms with Crippen LogP contribution in [0.3, 0.4) is 0 Å². The molecular weight excluding hydrogens is 420 g/mol. The van der Waals surface area contributed by atoms with Crippen molar-refractivity contribution < 1.29 is 14.6 Å². The first-order chi connectivity index (χ1) is 16.2. The van der Waals surface area contributed by atoms with Crippen LogP contribution < -0.4 is 15.4 Å². The Hall–Kier alpha value is -4.50. The van der Waals surface area contributed by atoms with Gasteiger partial charge in [0, 0.05) is 27.7 Å². The molecule has 0 radical (unpaired) electrons. The highest BCUT2D eigenvalue weighted by atomic mass is 16.5. The van der Waals surface area contributed by atoms with E-state index in [0.717, 1.165) is 27.8 Å². The lowest BCUT2D eigenvalue weighted by molar-refractivity contribution is -0.118. The first-order valence-electron chi connectivity index (χ1n) is 10.2. The number of carbonyl (C=O) groups excluding carboxylic acids is 1. The number of ether oxygens (including phenoxy) is 1. The van der Waals surface area contributed by atoms with E-state index in [-0.39, 0.29) is 0 Å². The van der Waals surface area contributed by atoms with Crippen LogP contribution >= 0.6 is 0 Å². The van der Waals surface area contributed by atoms with E-state index in [1.807, 2.05) is 54.6 Å². The molecule has 3 aromatic carbocycles. The lowest BCUT2D eigenvalue weighted by atomic mass is 10.1. The molecule has 3 N–H and O–H groups in total. The Morgan fingerprint density at radius 2 is 1.73 bits per heavy atom. The van der Waals surface area contributed by atoms with Crippen LogP contribution in [0, 0.1) is 0 Å². The summed E-state index contributed by atoms with van der Waals surface area (Å²) in [6.07, 6.45) is 0. The van der Waals surface area contributed by atoms with Crippen molar-refractivity contribution in [1.29, 1.82) is 0 Å². The van der Waals surface area contributed by atoms with Gasteiger partial charge in [0.15, 0.2) is 17.3 Å². The second kappa shape index (κ2) is 8.56. The molecule has 0 aliphatic heterocycles. The Kier molecular flexibility index (Phi) is 5.29. The third-order valence-electron chi connectivity index (χ3n) is 5.16. The average molecular weight is 440 g/mol. The van der Waals surface area contributed by atoms with Gasteiger partial charge in [-0.05, 0) is 42.5 Å². The van der Waals surface area contributed by atoms with E-state index in [9.17, 15) is 4.79 Å². The first kappa shape index (κ1) is 20.4. The van der Waals surface area contributed by atoms with E-state index in [1.54, 1.807) is 29.8 Å². The van der Waals surface area contributed by atoms with Gasteiger partial charge in [-0.1, -0.05) is 30.3 Å². The van der Waals surface area contributed by atoms with Gasteiger partial charge in [-0.3, -0.25) is 4.79 Å². The highest BCUT2D eigenvalue weighted by Crippen LogP contribution is 2.30. The molecule has 9 heteroatoms. The maximum absolute atomic E-state index is 11.5. The minimum atomic E-state index is -0.581. The number of nitrogens with zero attached hydrogens (tertiary/aromatic N) is 4. The largest absolute Gasteiger partial charge is 0.497 e. The molecule has 0 aliphatic carbocycles. The van der Waals surface area contributed by atoms with Gasteiger partial charge in [0.25, 0.3) is 0 Å². The van der Waals surface area contributed by atoms with E-state index < -0.39 is 12.5 Å². The van der Waals surface area contributed by atoms with Crippen LogP contribution in [0.15, 0.2) is 72.8 Å². The summed E-state index contributed by atoms with van der Waals surface area (Å²) in [6, 6.07) is 22.5. The van der Waals surface area contributed by atoms with Crippen molar-refractivity contribution in [3.05, 3.63) is 72.8 Å². The highest BCUT2D eigenvalue weighted by molar-refractivity contribution is 6.01. The summed E-state index contributed by atoms with van der Waals surface area (Å²) in [5.41, 5.74) is 2.78. The van der Waals surface area contributed by atoms with Gasteiger partial charge in [-0.15, -0.1) is 15.3 Å². The second-order valence-corrected chi connectivity index (χ2v) is 7.29. The fraction of sp³-hybridized carbons (Fsp3) is 0.0833. The van der Waals surface area contributed by atoms with E-state index in [2.05, 4.69) is 20.8 Å². The molecule has 0 saturated heterocycles. The maximum atomic E-state index is 11.5. The summed E-state index contributed by atoms with van der Waals surface area (Å²) >= 11 is 0. The van der Waals surface area contributed by atoms with Crippen molar-refractivity contribution in [3.63, 3.8) is 0 Å². The number of amides is 1. The minimum absolute atomic E-state index is 0.481. The van der Waals surface area contributed by atoms with Crippen LogP contribution in [0.1, 0.15) is 0 Å². The fourth-order valence-corrected chi connectivity index (χ4v) is 3.61. The Labute approximate surface area is 188 Å². The molecule has 0 spiro atoms. The zero-order valence-corrected chi connectivity index (χ0v) is 17.7. The lowest BCUT2D eigenvalue weighted by Gasteiger charge is -2.12. The molecule has 1 amide bonds. The predicted molar refractivity (Wildman–Crippen MR) is 126 cm³/mol. The number of aliphatic hydroxyl groups is 1. The zero-order valence-electron chi connectivity index (χ0n) is 17.7. The monoisotopic (exact) mass is 440 g/mol. The number of carbonyl (C=O) groups is 1. The van der Waals surface area contributed by atoms with Crippen LogP contribution in [-0.2, 0) is 4.79 Å². The van der Waals surface area contributed by atoms with Crippen LogP contribution in [0.5, 0.6) is 5.75 Å². The number of aliphatic hydroxyl groups excluding tert-OH is 1. The molecule has 9 nitrogen and oxygen atoms in total. The summed E-state index contributed by atoms with van der Waals surface area (Å²) < 4.78 is 6.96. The predicted octanol–water partition coefficient (Wildman–Crippen LogP) is 3.63. The van der Waals surface area contributed by atoms with Crippen LogP contribution in [-0.4, -0.2) is 44.5 Å². The molecule has 164 valence electrons. The molecule has 33 heavy (non-hydrogen) atoms. The summed E-state index contributed by atoms with van der Waals surface area (Å²) in [6.45, 7) is -0.581. The number of rotatable bonds is 6. The van der Waals surface area contributed by atoms with Gasteiger partial charge < -0.3 is 20.5 Å². The number of hydrogen-bond donors (Lipinski definition) is 3. The van der Waals surface area contributed by atoms with Crippen LogP contribution in [0.25, 0.3) is 27.8 Å². The van der Waals surface area contributed by atoms with Crippen molar-refractivity contribution in [2.75, 3.05) is 24.4 Å². The number of nitrogens with one attached hydrogen (secondary N) is 2. The zero-order chi connectivity index (χ0) is 22.8. The molecule has 0 bridgehead atoms. The van der Waals surface area contributed by atoms with Gasteiger partial charge in [0.2, 0.25) is 5.91 Å². The Morgan fingerprint density at radius 3 is 2.48 bits per heavy atom. The molecule has 0 atom stereocenters. The third-order valence-corrected chi connectivity index (χ3v) is 5.16. The molecule has 5 aromatic rings. The normalized spacial score (nSPS) is 11.0. The van der Waals surface area contributed by atoms with Crippen molar-refractivity contribution in [1.82, 2.24) is 19.8 Å². The highest BCUT2D eigenvalue weighted by Gasteiger charge is 2.16. The molecule has 2 aromatic heterocycles. The SMILES string of the molecule is COc1ccc(-c2nnc3c4ccccc4c(Nc4cccc(NC(=O)CO)c4)nn23)cc1. The summed E-state index contributed by atoms with van der Waals surface area (Å²) in [4.78, 5) is 11.5. The molecule has 2 heterocycles. The second-order valence-electron chi connectivity index (χ2n) is 7.29. The third kappa shape index (κ3) is 3.92. The van der Waals surface area contributed by atoms with Crippen molar-refractivity contribution in [3.8, 4) is 17.1 Å². The topological polar surface area (TPSA) is 114 Å². The Bertz CT molecular complexity index is 1460. The van der Waals surface area contributed by atoms with E-state index in [0.29, 0.717) is 23.0 Å². The van der Waals surface area contributed by atoms with Crippen LogP contribution in [0.4, 0.5) is 17.2 Å². The Balaban J connectivity index is 1.61. The number of anilines is 3. The Morgan fingerprint density at radius 1 is 0.970 bits per heavy atom. The van der Waals surface area contributed by atoms with Crippen molar-refractivity contribution in [2.45, 2.75) is 0 Å². The smallest absolute Gasteiger partial charge is 0.250 e. The quantitative estimate of drug-likeness (QED) is 0.369. The first-order valence-corrected chi connectivity index (χ1v) is 10.2. The molecular formula is C24H20N6O3. The van der Waals surface area contributed by atoms with E-state index >= 15 is 0 Å². The maximum Gasteiger partial charge on any atom is 0.250 e. The van der Waals surface area contributed by atoms with Gasteiger partial charge in [-0.2, -0.15) is 4.52 Å². The van der Waals surface area contributed by atoms with Gasteiger partial charge in [0.05, 0.1) is 7.11 Å².